The van der Waals surface area contributed by atoms with E-state index in [0.29, 0.717) is 0 Å². The zero-order valence-electron chi connectivity index (χ0n) is 15.4. The van der Waals surface area contributed by atoms with E-state index in [9.17, 15) is 0 Å². The van der Waals surface area contributed by atoms with Gasteiger partial charge in [-0.1, -0.05) is 0 Å². The van der Waals surface area contributed by atoms with Crippen molar-refractivity contribution in [2.24, 2.45) is 9.98 Å². The third kappa shape index (κ3) is 2.21. The lowest BCUT2D eigenvalue weighted by molar-refractivity contribution is 0.757. The normalized spacial score (nSPS) is 15.3. The number of fused-ring (bicyclic) bond motifs is 1. The summed E-state index contributed by atoms with van der Waals surface area (Å²) in [6.45, 7) is 17.2. The van der Waals surface area contributed by atoms with Gasteiger partial charge in [0.05, 0.1) is 22.6 Å². The van der Waals surface area contributed by atoms with Crippen molar-refractivity contribution in [3.05, 3.63) is 39.1 Å². The maximum Gasteiger partial charge on any atom is 0.182 e. The standard InChI is InChI=1S/C20H25N3/c1-9-10(2)13(5)18-17(11(9)3)12(4)14(6)19(23-18)20-21-15(7)16(8)22-20/h20H,1-8H3. The first-order chi connectivity index (χ1) is 10.7. The van der Waals surface area contributed by atoms with Gasteiger partial charge in [-0.2, -0.15) is 0 Å². The summed E-state index contributed by atoms with van der Waals surface area (Å²) in [5, 5.41) is 1.30. The average Bonchev–Trinajstić information content (AvgIpc) is 2.84. The molecule has 0 saturated heterocycles. The van der Waals surface area contributed by atoms with Crippen LogP contribution in [0.15, 0.2) is 9.98 Å². The van der Waals surface area contributed by atoms with Gasteiger partial charge in [-0.05, 0) is 88.8 Å². The van der Waals surface area contributed by atoms with Crippen molar-refractivity contribution in [1.29, 1.82) is 0 Å². The quantitative estimate of drug-likeness (QED) is 0.729. The summed E-state index contributed by atoms with van der Waals surface area (Å²) in [5.74, 6) is 0. The highest BCUT2D eigenvalue weighted by Gasteiger charge is 2.23. The summed E-state index contributed by atoms with van der Waals surface area (Å²) in [4.78, 5) is 14.4. The molecule has 1 aliphatic rings. The van der Waals surface area contributed by atoms with Crippen LogP contribution in [0.1, 0.15) is 59.1 Å². The molecule has 2 aromatic rings. The molecule has 0 amide bonds. The van der Waals surface area contributed by atoms with Gasteiger partial charge in [-0.25, -0.2) is 4.98 Å². The smallest absolute Gasteiger partial charge is 0.182 e. The maximum absolute atomic E-state index is 5.03. The van der Waals surface area contributed by atoms with Crippen molar-refractivity contribution in [2.45, 2.75) is 61.6 Å². The van der Waals surface area contributed by atoms with Crippen LogP contribution in [-0.2, 0) is 0 Å². The summed E-state index contributed by atoms with van der Waals surface area (Å²) in [7, 11) is 0. The van der Waals surface area contributed by atoms with Crippen molar-refractivity contribution < 1.29 is 0 Å². The van der Waals surface area contributed by atoms with Crippen LogP contribution >= 0.6 is 0 Å². The first-order valence-corrected chi connectivity index (χ1v) is 8.20. The number of aryl methyl sites for hydroxylation is 3. The fraction of sp³-hybridized carbons (Fsp3) is 0.450. The van der Waals surface area contributed by atoms with Gasteiger partial charge in [0.1, 0.15) is 0 Å². The van der Waals surface area contributed by atoms with Crippen LogP contribution in [0.4, 0.5) is 0 Å². The van der Waals surface area contributed by atoms with Gasteiger partial charge in [0.25, 0.3) is 0 Å². The summed E-state index contributed by atoms with van der Waals surface area (Å²) in [6, 6.07) is 0. The van der Waals surface area contributed by atoms with E-state index in [-0.39, 0.29) is 6.17 Å². The maximum atomic E-state index is 5.03. The van der Waals surface area contributed by atoms with E-state index < -0.39 is 0 Å². The molecule has 0 spiro atoms. The molecular weight excluding hydrogens is 282 g/mol. The third-order valence-electron chi connectivity index (χ3n) is 5.61. The highest BCUT2D eigenvalue weighted by molar-refractivity contribution is 6.41. The van der Waals surface area contributed by atoms with Crippen LogP contribution in [0.5, 0.6) is 0 Å². The Bertz CT molecular complexity index is 883. The Balaban J connectivity index is 2.38. The monoisotopic (exact) mass is 307 g/mol. The second-order valence-electron chi connectivity index (χ2n) is 6.77. The Morgan fingerprint density at radius 1 is 0.565 bits per heavy atom. The molecule has 3 nitrogen and oxygen atoms in total. The minimum Gasteiger partial charge on any atom is -0.255 e. The Kier molecular flexibility index (Phi) is 3.62. The molecule has 120 valence electrons. The van der Waals surface area contributed by atoms with E-state index in [1.165, 1.54) is 38.8 Å². The molecule has 1 aliphatic heterocycles. The fourth-order valence-corrected chi connectivity index (χ4v) is 3.43. The van der Waals surface area contributed by atoms with Crippen LogP contribution in [0, 0.1) is 41.5 Å². The third-order valence-corrected chi connectivity index (χ3v) is 5.61. The van der Waals surface area contributed by atoms with Crippen molar-refractivity contribution in [3.63, 3.8) is 0 Å². The number of pyridine rings is 1. The van der Waals surface area contributed by atoms with Gasteiger partial charge in [-0.15, -0.1) is 0 Å². The molecule has 0 aliphatic carbocycles. The summed E-state index contributed by atoms with van der Waals surface area (Å²) >= 11 is 0. The molecule has 0 atom stereocenters. The number of benzene rings is 1. The molecule has 3 rings (SSSR count). The van der Waals surface area contributed by atoms with Gasteiger partial charge in [0, 0.05) is 5.39 Å². The largest absolute Gasteiger partial charge is 0.255 e. The molecular formula is C20H25N3. The Morgan fingerprint density at radius 3 is 1.61 bits per heavy atom. The molecule has 23 heavy (non-hydrogen) atoms. The van der Waals surface area contributed by atoms with Gasteiger partial charge in [0.2, 0.25) is 0 Å². The molecule has 2 heterocycles. The molecule has 1 aromatic carbocycles. The van der Waals surface area contributed by atoms with Gasteiger partial charge < -0.3 is 0 Å². The average molecular weight is 307 g/mol. The van der Waals surface area contributed by atoms with E-state index >= 15 is 0 Å². The first-order valence-electron chi connectivity index (χ1n) is 8.20. The van der Waals surface area contributed by atoms with E-state index in [1.54, 1.807) is 0 Å². The predicted molar refractivity (Wildman–Crippen MR) is 99.1 cm³/mol. The van der Waals surface area contributed by atoms with Crippen LogP contribution in [0.3, 0.4) is 0 Å². The molecule has 0 fully saturated rings. The van der Waals surface area contributed by atoms with Crippen LogP contribution in [0.25, 0.3) is 10.9 Å². The van der Waals surface area contributed by atoms with Gasteiger partial charge in [0.15, 0.2) is 6.17 Å². The topological polar surface area (TPSA) is 37.6 Å². The van der Waals surface area contributed by atoms with Crippen molar-refractivity contribution >= 4 is 22.3 Å². The zero-order chi connectivity index (χ0) is 17.0. The number of aliphatic imine (C=N–C) groups is 2. The highest BCUT2D eigenvalue weighted by atomic mass is 15.1. The fourth-order valence-electron chi connectivity index (χ4n) is 3.43. The lowest BCUT2D eigenvalue weighted by Crippen LogP contribution is -2.05. The van der Waals surface area contributed by atoms with Gasteiger partial charge >= 0.3 is 0 Å². The molecule has 0 N–H and O–H groups in total. The van der Waals surface area contributed by atoms with E-state index in [4.69, 9.17) is 15.0 Å². The lowest BCUT2D eigenvalue weighted by atomic mass is 9.90. The molecule has 0 bridgehead atoms. The van der Waals surface area contributed by atoms with Crippen molar-refractivity contribution in [3.8, 4) is 0 Å². The highest BCUT2D eigenvalue weighted by Crippen LogP contribution is 2.35. The minimum atomic E-state index is -0.181. The van der Waals surface area contributed by atoms with Crippen molar-refractivity contribution in [2.75, 3.05) is 0 Å². The summed E-state index contributed by atoms with van der Waals surface area (Å²) in [5.41, 5.74) is 12.0. The van der Waals surface area contributed by atoms with E-state index in [0.717, 1.165) is 22.6 Å². The van der Waals surface area contributed by atoms with Crippen LogP contribution in [0.2, 0.25) is 0 Å². The number of rotatable bonds is 1. The second-order valence-corrected chi connectivity index (χ2v) is 6.77. The predicted octanol–water partition coefficient (Wildman–Crippen LogP) is 5.02. The molecule has 0 radical (unpaired) electrons. The number of nitrogens with zero attached hydrogens (tertiary/aromatic N) is 3. The van der Waals surface area contributed by atoms with E-state index in [1.807, 2.05) is 13.8 Å². The molecule has 0 unspecified atom stereocenters. The van der Waals surface area contributed by atoms with Crippen LogP contribution < -0.4 is 0 Å². The first kappa shape index (κ1) is 15.9. The summed E-state index contributed by atoms with van der Waals surface area (Å²) in [6.07, 6.45) is -0.181. The molecule has 3 heteroatoms. The summed E-state index contributed by atoms with van der Waals surface area (Å²) < 4.78 is 0. The number of hydrogen-bond donors (Lipinski definition) is 0. The zero-order valence-corrected chi connectivity index (χ0v) is 15.4. The number of aromatic nitrogens is 1. The minimum absolute atomic E-state index is 0.181. The van der Waals surface area contributed by atoms with Crippen LogP contribution in [-0.4, -0.2) is 16.4 Å². The SMILES string of the molecule is CC1=NC(c2nc3c(C)c(C)c(C)c(C)c3c(C)c2C)N=C1C. The molecule has 0 saturated carbocycles. The Labute approximate surface area is 138 Å². The second kappa shape index (κ2) is 5.26. The number of hydrogen-bond acceptors (Lipinski definition) is 3. The van der Waals surface area contributed by atoms with Crippen molar-refractivity contribution in [1.82, 2.24) is 4.98 Å². The van der Waals surface area contributed by atoms with E-state index in [2.05, 4.69) is 41.5 Å². The van der Waals surface area contributed by atoms with Gasteiger partial charge in [-0.3, -0.25) is 9.98 Å². The lowest BCUT2D eigenvalue weighted by Gasteiger charge is -2.19. The Hall–Kier alpha value is -2.03. The molecule has 1 aromatic heterocycles. The Morgan fingerprint density at radius 2 is 1.04 bits per heavy atom.